The molecular formula is C31H48. The molecule has 1 unspecified atom stereocenters. The Hall–Kier alpha value is -1.56. The topological polar surface area (TPSA) is 0 Å². The predicted octanol–water partition coefficient (Wildman–Crippen LogP) is 9.42. The van der Waals surface area contributed by atoms with Gasteiger partial charge in [0.25, 0.3) is 0 Å². The van der Waals surface area contributed by atoms with Gasteiger partial charge in [-0.3, -0.25) is 0 Å². The van der Waals surface area contributed by atoms with Crippen molar-refractivity contribution < 1.29 is 0 Å². The first-order valence-electron chi connectivity index (χ1n) is 12.2. The van der Waals surface area contributed by atoms with E-state index in [9.17, 15) is 0 Å². The average Bonchev–Trinajstić information content (AvgIpc) is 2.59. The lowest BCUT2D eigenvalue weighted by Gasteiger charge is -2.35. The minimum atomic E-state index is 0.110. The number of rotatable bonds is 3. The molecule has 31 heavy (non-hydrogen) atoms. The molecule has 0 fully saturated rings. The maximum Gasteiger partial charge on any atom is 0.00928 e. The van der Waals surface area contributed by atoms with Crippen molar-refractivity contribution in [2.45, 2.75) is 124 Å². The minimum absolute atomic E-state index is 0.110. The monoisotopic (exact) mass is 420 g/mol. The zero-order valence-electron chi connectivity index (χ0n) is 22.7. The highest BCUT2D eigenvalue weighted by Gasteiger charge is 2.31. The Balaban J connectivity index is 2.92. The molecule has 2 aromatic rings. The zero-order valence-corrected chi connectivity index (χ0v) is 22.7. The highest BCUT2D eigenvalue weighted by molar-refractivity contribution is 5.50. The summed E-state index contributed by atoms with van der Waals surface area (Å²) in [4.78, 5) is 0. The van der Waals surface area contributed by atoms with Crippen LogP contribution in [0.1, 0.15) is 136 Å². The highest BCUT2D eigenvalue weighted by Crippen LogP contribution is 2.43. The van der Waals surface area contributed by atoms with E-state index < -0.39 is 0 Å². The second-order valence-corrected chi connectivity index (χ2v) is 13.6. The molecule has 0 saturated heterocycles. The molecule has 2 aromatic carbocycles. The van der Waals surface area contributed by atoms with Gasteiger partial charge in [-0.05, 0) is 61.5 Å². The van der Waals surface area contributed by atoms with E-state index in [2.05, 4.69) is 126 Å². The van der Waals surface area contributed by atoms with Crippen molar-refractivity contribution in [3.8, 4) is 0 Å². The van der Waals surface area contributed by atoms with Crippen molar-refractivity contribution >= 4 is 0 Å². The fourth-order valence-corrected chi connectivity index (χ4v) is 4.57. The van der Waals surface area contributed by atoms with E-state index >= 15 is 0 Å². The van der Waals surface area contributed by atoms with Crippen LogP contribution in [0.3, 0.4) is 0 Å². The molecule has 2 rings (SSSR count). The fourth-order valence-electron chi connectivity index (χ4n) is 4.57. The summed E-state index contributed by atoms with van der Waals surface area (Å²) >= 11 is 0. The summed E-state index contributed by atoms with van der Waals surface area (Å²) < 4.78 is 0. The summed E-state index contributed by atoms with van der Waals surface area (Å²) in [6.07, 6.45) is 1.10. The third-order valence-electron chi connectivity index (χ3n) is 6.57. The van der Waals surface area contributed by atoms with Crippen molar-refractivity contribution in [3.63, 3.8) is 0 Å². The lowest BCUT2D eigenvalue weighted by Crippen LogP contribution is -2.24. The molecule has 0 spiro atoms. The van der Waals surface area contributed by atoms with Gasteiger partial charge in [-0.2, -0.15) is 0 Å². The molecule has 1 atom stereocenters. The Morgan fingerprint density at radius 3 is 1.26 bits per heavy atom. The second-order valence-electron chi connectivity index (χ2n) is 13.6. The van der Waals surface area contributed by atoms with Crippen LogP contribution >= 0.6 is 0 Å². The third kappa shape index (κ3) is 5.82. The lowest BCUT2D eigenvalue weighted by atomic mass is 9.69. The van der Waals surface area contributed by atoms with Gasteiger partial charge in [-0.1, -0.05) is 126 Å². The molecule has 0 radical (unpaired) electrons. The summed E-state index contributed by atoms with van der Waals surface area (Å²) in [5.74, 6) is 0.396. The molecule has 0 aliphatic carbocycles. The number of hydrogen-bond acceptors (Lipinski definition) is 0. The molecule has 0 N–H and O–H groups in total. The van der Waals surface area contributed by atoms with Gasteiger partial charge in [0.15, 0.2) is 0 Å². The van der Waals surface area contributed by atoms with Gasteiger partial charge in [-0.15, -0.1) is 0 Å². The van der Waals surface area contributed by atoms with Crippen LogP contribution in [-0.2, 0) is 21.7 Å². The molecule has 0 amide bonds. The molecule has 0 saturated carbocycles. The highest BCUT2D eigenvalue weighted by atomic mass is 14.4. The van der Waals surface area contributed by atoms with Crippen LogP contribution in [-0.4, -0.2) is 0 Å². The Labute approximate surface area is 193 Å². The Bertz CT molecular complexity index is 835. The normalized spacial score (nSPS) is 14.6. The summed E-state index contributed by atoms with van der Waals surface area (Å²) in [7, 11) is 0. The van der Waals surface area contributed by atoms with Gasteiger partial charge in [0, 0.05) is 5.92 Å². The summed E-state index contributed by atoms with van der Waals surface area (Å²) in [5, 5.41) is 0. The van der Waals surface area contributed by atoms with Gasteiger partial charge in [0.1, 0.15) is 0 Å². The molecule has 0 heteroatoms. The van der Waals surface area contributed by atoms with E-state index in [1.54, 1.807) is 5.56 Å². The van der Waals surface area contributed by atoms with Crippen LogP contribution in [0.4, 0.5) is 0 Å². The van der Waals surface area contributed by atoms with E-state index in [1.807, 2.05) is 0 Å². The van der Waals surface area contributed by atoms with Crippen molar-refractivity contribution in [1.29, 1.82) is 0 Å². The van der Waals surface area contributed by atoms with E-state index in [0.29, 0.717) is 5.92 Å². The van der Waals surface area contributed by atoms with Crippen LogP contribution in [0, 0.1) is 0 Å². The first-order valence-corrected chi connectivity index (χ1v) is 12.2. The van der Waals surface area contributed by atoms with Crippen LogP contribution in [0.5, 0.6) is 0 Å². The van der Waals surface area contributed by atoms with Crippen molar-refractivity contribution in [3.05, 3.63) is 69.8 Å². The lowest BCUT2D eigenvalue weighted by molar-refractivity contribution is 0.540. The Morgan fingerprint density at radius 1 is 0.581 bits per heavy atom. The van der Waals surface area contributed by atoms with Gasteiger partial charge in [0.05, 0.1) is 0 Å². The van der Waals surface area contributed by atoms with E-state index in [1.165, 1.54) is 27.8 Å². The van der Waals surface area contributed by atoms with Crippen LogP contribution in [0.2, 0.25) is 0 Å². The van der Waals surface area contributed by atoms with E-state index in [0.717, 1.165) is 6.42 Å². The molecule has 0 nitrogen and oxygen atoms in total. The fraction of sp³-hybridized carbons (Fsp3) is 0.613. The Morgan fingerprint density at radius 2 is 0.968 bits per heavy atom. The van der Waals surface area contributed by atoms with Crippen molar-refractivity contribution in [1.82, 2.24) is 0 Å². The smallest absolute Gasteiger partial charge is 0.00928 e. The summed E-state index contributed by atoms with van der Waals surface area (Å²) in [5.41, 5.74) is 9.37. The first-order chi connectivity index (χ1) is 13.9. The van der Waals surface area contributed by atoms with Crippen molar-refractivity contribution in [2.24, 2.45) is 0 Å². The third-order valence-corrected chi connectivity index (χ3v) is 6.57. The summed E-state index contributed by atoms with van der Waals surface area (Å²) in [6, 6.07) is 14.4. The SMILES string of the molecule is CCC(c1cc(C(C)(C)C)cc(C(C)(C)C)c1)c1c(C(C)(C)C)cccc1C(C)(C)C. The first kappa shape index (κ1) is 25.7. The summed E-state index contributed by atoms with van der Waals surface area (Å²) in [6.45, 7) is 30.5. The van der Waals surface area contributed by atoms with Gasteiger partial charge < -0.3 is 0 Å². The van der Waals surface area contributed by atoms with E-state index in [-0.39, 0.29) is 21.7 Å². The quantitative estimate of drug-likeness (QED) is 0.464. The largest absolute Gasteiger partial charge is 0.0645 e. The second kappa shape index (κ2) is 8.42. The van der Waals surface area contributed by atoms with Gasteiger partial charge in [0.2, 0.25) is 0 Å². The van der Waals surface area contributed by atoms with Crippen LogP contribution in [0.15, 0.2) is 36.4 Å². The van der Waals surface area contributed by atoms with Gasteiger partial charge >= 0.3 is 0 Å². The zero-order chi connectivity index (χ0) is 24.0. The minimum Gasteiger partial charge on any atom is -0.0645 e. The maximum atomic E-state index is 2.50. The Kier molecular flexibility index (Phi) is 6.98. The molecular weight excluding hydrogens is 372 g/mol. The number of benzene rings is 2. The molecule has 0 aliphatic rings. The molecule has 0 heterocycles. The van der Waals surface area contributed by atoms with Crippen LogP contribution in [0.25, 0.3) is 0 Å². The molecule has 0 aliphatic heterocycles. The van der Waals surface area contributed by atoms with Crippen molar-refractivity contribution in [2.75, 3.05) is 0 Å². The maximum absolute atomic E-state index is 2.50. The van der Waals surface area contributed by atoms with E-state index in [4.69, 9.17) is 0 Å². The van der Waals surface area contributed by atoms with Crippen LogP contribution < -0.4 is 0 Å². The molecule has 172 valence electrons. The van der Waals surface area contributed by atoms with Gasteiger partial charge in [-0.25, -0.2) is 0 Å². The predicted molar refractivity (Wildman–Crippen MR) is 140 cm³/mol. The molecule has 0 aromatic heterocycles. The number of hydrogen-bond donors (Lipinski definition) is 0. The standard InChI is InChI=1S/C31H48/c1-14-24(21-18-22(28(2,3)4)20-23(19-21)29(5,6)7)27-25(30(8,9)10)16-15-17-26(27)31(11,12)13/h15-20,24H,14H2,1-13H3. The average molecular weight is 421 g/mol. The molecule has 0 bridgehead atoms.